The van der Waals surface area contributed by atoms with Crippen molar-refractivity contribution in [2.45, 2.75) is 39.3 Å². The highest BCUT2D eigenvalue weighted by Gasteiger charge is 2.24. The quantitative estimate of drug-likeness (QED) is 0.831. The van der Waals surface area contributed by atoms with Crippen molar-refractivity contribution < 1.29 is 4.74 Å². The van der Waals surface area contributed by atoms with Crippen LogP contribution in [0, 0.1) is 5.92 Å². The topological polar surface area (TPSA) is 50.5 Å². The lowest BCUT2D eigenvalue weighted by Gasteiger charge is -2.35. The SMILES string of the molecule is CC(C)Oc1cc(NC2CCN(C)CC2C)ccc1N. The Kier molecular flexibility index (Phi) is 4.76. The fourth-order valence-electron chi connectivity index (χ4n) is 2.76. The second-order valence-electron chi connectivity index (χ2n) is 6.20. The van der Waals surface area contributed by atoms with Gasteiger partial charge in [-0.1, -0.05) is 6.92 Å². The predicted molar refractivity (Wildman–Crippen MR) is 85.3 cm³/mol. The molecule has 0 bridgehead atoms. The first-order valence-corrected chi connectivity index (χ1v) is 7.47. The Morgan fingerprint density at radius 2 is 2.15 bits per heavy atom. The van der Waals surface area contributed by atoms with E-state index in [1.54, 1.807) is 0 Å². The van der Waals surface area contributed by atoms with Crippen LogP contribution in [0.4, 0.5) is 11.4 Å². The number of hydrogen-bond acceptors (Lipinski definition) is 4. The Morgan fingerprint density at radius 1 is 1.40 bits per heavy atom. The number of hydrogen-bond donors (Lipinski definition) is 2. The average Bonchev–Trinajstić information content (AvgIpc) is 2.36. The molecule has 20 heavy (non-hydrogen) atoms. The maximum absolute atomic E-state index is 5.96. The van der Waals surface area contributed by atoms with Crippen LogP contribution in [0.2, 0.25) is 0 Å². The van der Waals surface area contributed by atoms with Crippen molar-refractivity contribution in [3.63, 3.8) is 0 Å². The smallest absolute Gasteiger partial charge is 0.144 e. The summed E-state index contributed by atoms with van der Waals surface area (Å²) >= 11 is 0. The summed E-state index contributed by atoms with van der Waals surface area (Å²) in [6, 6.07) is 6.48. The van der Waals surface area contributed by atoms with Gasteiger partial charge in [0.25, 0.3) is 0 Å². The molecule has 0 radical (unpaired) electrons. The molecule has 1 aliphatic rings. The number of rotatable bonds is 4. The molecular weight excluding hydrogens is 250 g/mol. The molecule has 1 fully saturated rings. The summed E-state index contributed by atoms with van der Waals surface area (Å²) in [6.45, 7) is 8.61. The molecule has 4 heteroatoms. The molecule has 0 amide bonds. The molecule has 1 aromatic rings. The molecule has 2 atom stereocenters. The van der Waals surface area contributed by atoms with E-state index >= 15 is 0 Å². The van der Waals surface area contributed by atoms with Gasteiger partial charge in [0.1, 0.15) is 5.75 Å². The summed E-state index contributed by atoms with van der Waals surface area (Å²) < 4.78 is 5.75. The highest BCUT2D eigenvalue weighted by atomic mass is 16.5. The largest absolute Gasteiger partial charge is 0.489 e. The lowest BCUT2D eigenvalue weighted by atomic mass is 9.94. The zero-order chi connectivity index (χ0) is 14.7. The van der Waals surface area contributed by atoms with E-state index < -0.39 is 0 Å². The van der Waals surface area contributed by atoms with Gasteiger partial charge in [0.2, 0.25) is 0 Å². The number of anilines is 2. The molecule has 2 rings (SSSR count). The predicted octanol–water partition coefficient (Wildman–Crippen LogP) is 2.81. The van der Waals surface area contributed by atoms with Crippen LogP contribution in [0.25, 0.3) is 0 Å². The number of nitrogens with two attached hydrogens (primary N) is 1. The highest BCUT2D eigenvalue weighted by molar-refractivity contribution is 5.61. The van der Waals surface area contributed by atoms with Gasteiger partial charge in [-0.05, 0) is 51.9 Å². The van der Waals surface area contributed by atoms with Crippen LogP contribution >= 0.6 is 0 Å². The van der Waals surface area contributed by atoms with Crippen molar-refractivity contribution in [2.24, 2.45) is 5.92 Å². The van der Waals surface area contributed by atoms with Crippen molar-refractivity contribution in [1.82, 2.24) is 4.90 Å². The van der Waals surface area contributed by atoms with Gasteiger partial charge >= 0.3 is 0 Å². The molecule has 2 unspecified atom stereocenters. The molecule has 1 aliphatic heterocycles. The third kappa shape index (κ3) is 3.79. The Balaban J connectivity index is 2.05. The van der Waals surface area contributed by atoms with Crippen LogP contribution in [-0.4, -0.2) is 37.2 Å². The third-order valence-electron chi connectivity index (χ3n) is 3.84. The van der Waals surface area contributed by atoms with Crippen LogP contribution in [0.5, 0.6) is 5.75 Å². The maximum atomic E-state index is 5.96. The zero-order valence-electron chi connectivity index (χ0n) is 13.0. The minimum atomic E-state index is 0.134. The van der Waals surface area contributed by atoms with Gasteiger partial charge in [0.15, 0.2) is 0 Å². The van der Waals surface area contributed by atoms with Crippen LogP contribution in [0.15, 0.2) is 18.2 Å². The molecule has 3 N–H and O–H groups in total. The molecule has 0 saturated carbocycles. The van der Waals surface area contributed by atoms with Gasteiger partial charge in [-0.15, -0.1) is 0 Å². The lowest BCUT2D eigenvalue weighted by Crippen LogP contribution is -2.43. The summed E-state index contributed by atoms with van der Waals surface area (Å²) in [7, 11) is 2.19. The van der Waals surface area contributed by atoms with E-state index in [9.17, 15) is 0 Å². The van der Waals surface area contributed by atoms with Gasteiger partial charge in [0.05, 0.1) is 11.8 Å². The van der Waals surface area contributed by atoms with Crippen LogP contribution in [0.3, 0.4) is 0 Å². The Bertz CT molecular complexity index is 447. The van der Waals surface area contributed by atoms with E-state index in [1.807, 2.05) is 32.0 Å². The van der Waals surface area contributed by atoms with Gasteiger partial charge < -0.3 is 20.7 Å². The lowest BCUT2D eigenvalue weighted by molar-refractivity contribution is 0.206. The Labute approximate surface area is 122 Å². The molecule has 0 aliphatic carbocycles. The number of nitrogens with one attached hydrogen (secondary N) is 1. The highest BCUT2D eigenvalue weighted by Crippen LogP contribution is 2.28. The number of ether oxygens (including phenoxy) is 1. The van der Waals surface area contributed by atoms with Crippen molar-refractivity contribution in [3.05, 3.63) is 18.2 Å². The summed E-state index contributed by atoms with van der Waals surface area (Å²) in [5, 5.41) is 3.63. The monoisotopic (exact) mass is 277 g/mol. The summed E-state index contributed by atoms with van der Waals surface area (Å²) in [5.74, 6) is 1.41. The van der Waals surface area contributed by atoms with Crippen molar-refractivity contribution in [2.75, 3.05) is 31.2 Å². The normalized spacial score (nSPS) is 23.9. The molecular formula is C16H27N3O. The van der Waals surface area contributed by atoms with Gasteiger partial charge in [-0.3, -0.25) is 0 Å². The first-order valence-electron chi connectivity index (χ1n) is 7.47. The molecule has 112 valence electrons. The third-order valence-corrected chi connectivity index (χ3v) is 3.84. The number of benzene rings is 1. The summed E-state index contributed by atoms with van der Waals surface area (Å²) in [4.78, 5) is 2.39. The van der Waals surface area contributed by atoms with E-state index in [0.29, 0.717) is 17.6 Å². The molecule has 1 heterocycles. The van der Waals surface area contributed by atoms with E-state index in [4.69, 9.17) is 10.5 Å². The molecule has 0 spiro atoms. The fraction of sp³-hybridized carbons (Fsp3) is 0.625. The number of likely N-dealkylation sites (tertiary alicyclic amines) is 1. The second kappa shape index (κ2) is 6.35. The van der Waals surface area contributed by atoms with Crippen molar-refractivity contribution in [3.8, 4) is 5.75 Å². The summed E-state index contributed by atoms with van der Waals surface area (Å²) in [6.07, 6.45) is 1.30. The molecule has 1 aromatic carbocycles. The van der Waals surface area contributed by atoms with Crippen molar-refractivity contribution >= 4 is 11.4 Å². The Morgan fingerprint density at radius 3 is 2.80 bits per heavy atom. The van der Waals surface area contributed by atoms with Gasteiger partial charge in [-0.2, -0.15) is 0 Å². The first kappa shape index (κ1) is 15.0. The minimum Gasteiger partial charge on any atom is -0.489 e. The van der Waals surface area contributed by atoms with E-state index in [-0.39, 0.29) is 6.10 Å². The minimum absolute atomic E-state index is 0.134. The average molecular weight is 277 g/mol. The first-order chi connectivity index (χ1) is 9.45. The molecule has 1 saturated heterocycles. The number of nitrogen functional groups attached to an aromatic ring is 1. The van der Waals surface area contributed by atoms with Gasteiger partial charge in [0, 0.05) is 24.3 Å². The standard InChI is InChI=1S/C16H27N3O/c1-11(2)20-16-9-13(5-6-14(16)17)18-15-7-8-19(4)10-12(15)3/h5-6,9,11-12,15,18H,7-8,10,17H2,1-4H3. The van der Waals surface area contributed by atoms with E-state index in [0.717, 1.165) is 24.5 Å². The van der Waals surface area contributed by atoms with Crippen LogP contribution in [0.1, 0.15) is 27.2 Å². The number of nitrogens with zero attached hydrogens (tertiary/aromatic N) is 1. The Hall–Kier alpha value is -1.42. The maximum Gasteiger partial charge on any atom is 0.144 e. The van der Waals surface area contributed by atoms with Crippen molar-refractivity contribution in [1.29, 1.82) is 0 Å². The summed E-state index contributed by atoms with van der Waals surface area (Å²) in [5.41, 5.74) is 7.75. The van der Waals surface area contributed by atoms with E-state index in [1.165, 1.54) is 6.42 Å². The van der Waals surface area contributed by atoms with Crippen LogP contribution < -0.4 is 15.8 Å². The molecule has 0 aromatic heterocycles. The number of piperidine rings is 1. The fourth-order valence-corrected chi connectivity index (χ4v) is 2.76. The van der Waals surface area contributed by atoms with E-state index in [2.05, 4.69) is 24.2 Å². The zero-order valence-corrected chi connectivity index (χ0v) is 13.0. The van der Waals surface area contributed by atoms with Crippen LogP contribution in [-0.2, 0) is 0 Å². The second-order valence-corrected chi connectivity index (χ2v) is 6.20. The molecule has 4 nitrogen and oxygen atoms in total. The van der Waals surface area contributed by atoms with Gasteiger partial charge in [-0.25, -0.2) is 0 Å².